The molecule has 0 radical (unpaired) electrons. The van der Waals surface area contributed by atoms with E-state index < -0.39 is 13.4 Å². The van der Waals surface area contributed by atoms with Crippen molar-refractivity contribution in [1.82, 2.24) is 0 Å². The fraction of sp³-hybridized carbons (Fsp3) is 0.833. The smallest absolute Gasteiger partial charge is 0.366 e. The summed E-state index contributed by atoms with van der Waals surface area (Å²) in [4.78, 5) is 10.1. The van der Waals surface area contributed by atoms with E-state index in [1.165, 1.54) is 0 Å². The lowest BCUT2D eigenvalue weighted by Gasteiger charge is -2.17. The van der Waals surface area contributed by atoms with Crippen molar-refractivity contribution in [1.29, 1.82) is 0 Å². The van der Waals surface area contributed by atoms with Crippen molar-refractivity contribution in [3.05, 3.63) is 0 Å². The van der Waals surface area contributed by atoms with E-state index in [1.54, 1.807) is 13.8 Å². The number of hydrogen-bond acceptors (Lipinski definition) is 5. The number of hydrogen-bond donors (Lipinski definition) is 1. The van der Waals surface area contributed by atoms with Crippen molar-refractivity contribution in [3.63, 3.8) is 0 Å². The standard InChI is InChI=1S/C6H13O5P/c1-3-10-12(9,11-4-2)6(8)5-7/h5-6,8H,3-4H2,1-2H3. The average Bonchev–Trinajstić information content (AvgIpc) is 2.04. The quantitative estimate of drug-likeness (QED) is 0.501. The molecule has 0 saturated carbocycles. The van der Waals surface area contributed by atoms with E-state index in [0.717, 1.165) is 0 Å². The molecule has 0 heterocycles. The molecule has 12 heavy (non-hydrogen) atoms. The number of rotatable bonds is 6. The molecule has 0 spiro atoms. The third kappa shape index (κ3) is 3.03. The number of carbonyl (C=O) groups excluding carboxylic acids is 1. The number of carbonyl (C=O) groups is 1. The van der Waals surface area contributed by atoms with Gasteiger partial charge in [0.15, 0.2) is 6.29 Å². The lowest BCUT2D eigenvalue weighted by atomic mass is 10.8. The summed E-state index contributed by atoms with van der Waals surface area (Å²) in [5.41, 5.74) is 0. The van der Waals surface area contributed by atoms with Gasteiger partial charge in [-0.15, -0.1) is 0 Å². The lowest BCUT2D eigenvalue weighted by molar-refractivity contribution is -0.112. The normalized spacial score (nSPS) is 14.2. The molecule has 0 aliphatic carbocycles. The zero-order valence-corrected chi connectivity index (χ0v) is 7.99. The van der Waals surface area contributed by atoms with E-state index in [4.69, 9.17) is 5.11 Å². The summed E-state index contributed by atoms with van der Waals surface area (Å²) in [6.45, 7) is 3.46. The van der Waals surface area contributed by atoms with Gasteiger partial charge in [-0.2, -0.15) is 0 Å². The van der Waals surface area contributed by atoms with Crippen LogP contribution < -0.4 is 0 Å². The molecule has 0 aliphatic rings. The van der Waals surface area contributed by atoms with Gasteiger partial charge in [-0.05, 0) is 13.8 Å². The van der Waals surface area contributed by atoms with Crippen molar-refractivity contribution in [2.75, 3.05) is 13.2 Å². The van der Waals surface area contributed by atoms with Gasteiger partial charge in [0.05, 0.1) is 13.2 Å². The minimum absolute atomic E-state index is 0.127. The van der Waals surface area contributed by atoms with Gasteiger partial charge in [0.2, 0.25) is 5.85 Å². The van der Waals surface area contributed by atoms with Crippen molar-refractivity contribution < 1.29 is 23.5 Å². The zero-order chi connectivity index (χ0) is 9.61. The van der Waals surface area contributed by atoms with Crippen LogP contribution in [-0.4, -0.2) is 30.5 Å². The van der Waals surface area contributed by atoms with E-state index in [9.17, 15) is 9.36 Å². The Bertz CT molecular complexity index is 171. The number of aliphatic hydroxyl groups is 1. The monoisotopic (exact) mass is 196 g/mol. The molecule has 1 unspecified atom stereocenters. The van der Waals surface area contributed by atoms with Gasteiger partial charge in [0, 0.05) is 0 Å². The first kappa shape index (κ1) is 11.8. The predicted molar refractivity (Wildman–Crippen MR) is 42.9 cm³/mol. The van der Waals surface area contributed by atoms with Crippen LogP contribution in [0.5, 0.6) is 0 Å². The molecule has 72 valence electrons. The molecule has 1 atom stereocenters. The maximum Gasteiger partial charge on any atom is 0.366 e. The molecule has 0 fully saturated rings. The molecule has 0 bridgehead atoms. The van der Waals surface area contributed by atoms with Gasteiger partial charge in [0.1, 0.15) is 0 Å². The molecule has 0 saturated heterocycles. The minimum Gasteiger partial charge on any atom is -0.374 e. The summed E-state index contributed by atoms with van der Waals surface area (Å²) in [5.74, 6) is -1.68. The SMILES string of the molecule is CCOP(=O)(OCC)C(O)C=O. The van der Waals surface area contributed by atoms with Crippen LogP contribution >= 0.6 is 7.60 Å². The van der Waals surface area contributed by atoms with Crippen LogP contribution in [0.3, 0.4) is 0 Å². The third-order valence-corrected chi connectivity index (χ3v) is 3.07. The molecule has 0 aliphatic heterocycles. The van der Waals surface area contributed by atoms with Crippen molar-refractivity contribution in [3.8, 4) is 0 Å². The molecule has 0 aromatic rings. The van der Waals surface area contributed by atoms with Crippen LogP contribution in [0.25, 0.3) is 0 Å². The molecule has 6 heteroatoms. The topological polar surface area (TPSA) is 72.8 Å². The molecule has 5 nitrogen and oxygen atoms in total. The third-order valence-electron chi connectivity index (χ3n) is 1.06. The van der Waals surface area contributed by atoms with Gasteiger partial charge in [0.25, 0.3) is 0 Å². The van der Waals surface area contributed by atoms with E-state index in [2.05, 4.69) is 9.05 Å². The Morgan fingerprint density at radius 1 is 1.42 bits per heavy atom. The molecule has 0 amide bonds. The van der Waals surface area contributed by atoms with E-state index in [1.807, 2.05) is 0 Å². The predicted octanol–water partition coefficient (Wildman–Crippen LogP) is 0.770. The highest BCUT2D eigenvalue weighted by molar-refractivity contribution is 7.55. The highest BCUT2D eigenvalue weighted by Crippen LogP contribution is 2.50. The molecule has 0 aromatic heterocycles. The van der Waals surface area contributed by atoms with Crippen LogP contribution in [0.4, 0.5) is 0 Å². The summed E-state index contributed by atoms with van der Waals surface area (Å²) in [7, 11) is -3.62. The summed E-state index contributed by atoms with van der Waals surface area (Å²) in [6, 6.07) is 0. The van der Waals surface area contributed by atoms with E-state index in [0.29, 0.717) is 0 Å². The molecule has 1 N–H and O–H groups in total. The van der Waals surface area contributed by atoms with Crippen LogP contribution in [0, 0.1) is 0 Å². The van der Waals surface area contributed by atoms with Crippen LogP contribution in [0.2, 0.25) is 0 Å². The first-order valence-electron chi connectivity index (χ1n) is 3.62. The minimum atomic E-state index is -3.62. The summed E-state index contributed by atoms with van der Waals surface area (Å²) < 4.78 is 20.8. The number of aliphatic hydroxyl groups excluding tert-OH is 1. The second-order valence-corrected chi connectivity index (χ2v) is 4.05. The van der Waals surface area contributed by atoms with Crippen LogP contribution in [0.15, 0.2) is 0 Å². The van der Waals surface area contributed by atoms with Gasteiger partial charge in [-0.3, -0.25) is 9.36 Å². The Morgan fingerprint density at radius 3 is 2.08 bits per heavy atom. The zero-order valence-electron chi connectivity index (χ0n) is 7.10. The maximum absolute atomic E-state index is 11.4. The fourth-order valence-corrected chi connectivity index (χ4v) is 1.87. The Morgan fingerprint density at radius 2 is 1.83 bits per heavy atom. The molecular weight excluding hydrogens is 183 g/mol. The highest BCUT2D eigenvalue weighted by Gasteiger charge is 2.33. The largest absolute Gasteiger partial charge is 0.374 e. The molecule has 0 rings (SSSR count). The number of aldehydes is 1. The van der Waals surface area contributed by atoms with Gasteiger partial charge >= 0.3 is 7.60 Å². The fourth-order valence-electron chi connectivity index (χ4n) is 0.624. The second kappa shape index (κ2) is 5.43. The van der Waals surface area contributed by atoms with Crippen molar-refractivity contribution in [2.45, 2.75) is 19.7 Å². The van der Waals surface area contributed by atoms with Crippen LogP contribution in [0.1, 0.15) is 13.8 Å². The van der Waals surface area contributed by atoms with E-state index in [-0.39, 0.29) is 19.5 Å². The van der Waals surface area contributed by atoms with Crippen molar-refractivity contribution >= 4 is 13.9 Å². The second-order valence-electron chi connectivity index (χ2n) is 1.93. The Hall–Kier alpha value is -0.220. The Kier molecular flexibility index (Phi) is 5.33. The molecule has 0 aromatic carbocycles. The first-order valence-corrected chi connectivity index (χ1v) is 5.24. The van der Waals surface area contributed by atoms with Gasteiger partial charge in [-0.25, -0.2) is 0 Å². The van der Waals surface area contributed by atoms with Crippen LogP contribution in [-0.2, 0) is 18.4 Å². The molecular formula is C6H13O5P. The lowest BCUT2D eigenvalue weighted by Crippen LogP contribution is -2.13. The highest BCUT2D eigenvalue weighted by atomic mass is 31.2. The Labute approximate surface area is 71.2 Å². The maximum atomic E-state index is 11.4. The van der Waals surface area contributed by atoms with Crippen molar-refractivity contribution in [2.24, 2.45) is 0 Å². The average molecular weight is 196 g/mol. The van der Waals surface area contributed by atoms with Gasteiger partial charge < -0.3 is 14.2 Å². The summed E-state index contributed by atoms with van der Waals surface area (Å²) in [5, 5.41) is 8.96. The van der Waals surface area contributed by atoms with E-state index >= 15 is 0 Å². The van der Waals surface area contributed by atoms with Gasteiger partial charge in [-0.1, -0.05) is 0 Å². The summed E-state index contributed by atoms with van der Waals surface area (Å²) in [6.07, 6.45) is 0.145. The Balaban J connectivity index is 4.37. The summed E-state index contributed by atoms with van der Waals surface area (Å²) >= 11 is 0. The first-order chi connectivity index (χ1) is 5.60.